The molecule has 6 heteroatoms. The van der Waals surface area contributed by atoms with E-state index in [1.165, 1.54) is 14.2 Å². The van der Waals surface area contributed by atoms with Crippen LogP contribution in [0, 0.1) is 0 Å². The number of amides is 1. The number of carbonyl (C=O) groups excluding carboxylic acids is 1. The van der Waals surface area contributed by atoms with Crippen molar-refractivity contribution in [1.82, 2.24) is 5.32 Å². The summed E-state index contributed by atoms with van der Waals surface area (Å²) in [6.07, 6.45) is -0.228. The lowest BCUT2D eigenvalue weighted by molar-refractivity contribution is -0.118. The van der Waals surface area contributed by atoms with Crippen LogP contribution in [0.3, 0.4) is 0 Å². The Morgan fingerprint density at radius 1 is 1.58 bits per heavy atom. The molecule has 5 nitrogen and oxygen atoms in total. The van der Waals surface area contributed by atoms with E-state index in [1.54, 1.807) is 6.92 Å². The average Bonchev–Trinajstić information content (AvgIpc) is 2.05. The number of rotatable bonds is 5. The predicted molar refractivity (Wildman–Crippen MR) is 45.2 cm³/mol. The van der Waals surface area contributed by atoms with E-state index >= 15 is 0 Å². The summed E-state index contributed by atoms with van der Waals surface area (Å²) in [5.41, 5.74) is 0. The maximum Gasteiger partial charge on any atom is 0.339 e. The first-order valence-corrected chi connectivity index (χ1v) is 5.30. The van der Waals surface area contributed by atoms with Crippen LogP contribution in [0.2, 0.25) is 0 Å². The van der Waals surface area contributed by atoms with E-state index in [1.807, 2.05) is 0 Å². The minimum atomic E-state index is -3.18. The molecule has 1 N–H and O–H groups in total. The highest BCUT2D eigenvalue weighted by atomic mass is 31.2. The standard InChI is InChI=1S/C6H14NO4P/c1-4-11-12(9,10-3)5-6(8)7-2/h4-5H2,1-3H3,(H,7,8). The van der Waals surface area contributed by atoms with Crippen LogP contribution in [0.1, 0.15) is 6.92 Å². The molecule has 0 heterocycles. The second kappa shape index (κ2) is 5.30. The number of hydrogen-bond donors (Lipinski definition) is 1. The molecule has 0 aliphatic rings. The Morgan fingerprint density at radius 2 is 2.17 bits per heavy atom. The third-order valence-corrected chi connectivity index (χ3v) is 3.10. The zero-order valence-corrected chi connectivity index (χ0v) is 8.39. The fraction of sp³-hybridized carbons (Fsp3) is 0.833. The quantitative estimate of drug-likeness (QED) is 0.652. The molecular weight excluding hydrogens is 181 g/mol. The number of carbonyl (C=O) groups is 1. The van der Waals surface area contributed by atoms with E-state index in [-0.39, 0.29) is 18.7 Å². The van der Waals surface area contributed by atoms with Gasteiger partial charge in [-0.3, -0.25) is 9.36 Å². The van der Waals surface area contributed by atoms with Crippen molar-refractivity contribution in [3.63, 3.8) is 0 Å². The second-order valence-corrected chi connectivity index (χ2v) is 4.20. The van der Waals surface area contributed by atoms with E-state index in [2.05, 4.69) is 9.84 Å². The van der Waals surface area contributed by atoms with Gasteiger partial charge in [-0.05, 0) is 6.92 Å². The molecule has 0 aromatic carbocycles. The van der Waals surface area contributed by atoms with Crippen LogP contribution in [0.15, 0.2) is 0 Å². The molecular formula is C6H14NO4P. The molecule has 0 radical (unpaired) electrons. The zero-order valence-electron chi connectivity index (χ0n) is 7.49. The first-order valence-electron chi connectivity index (χ1n) is 3.58. The van der Waals surface area contributed by atoms with Crippen molar-refractivity contribution in [3.05, 3.63) is 0 Å². The third-order valence-electron chi connectivity index (χ3n) is 1.22. The molecule has 0 fully saturated rings. The SMILES string of the molecule is CCOP(=O)(CC(=O)NC)OC. The highest BCUT2D eigenvalue weighted by Gasteiger charge is 2.25. The summed E-state index contributed by atoms with van der Waals surface area (Å²) in [5, 5.41) is 2.34. The molecule has 12 heavy (non-hydrogen) atoms. The Kier molecular flexibility index (Phi) is 5.13. The summed E-state index contributed by atoms with van der Waals surface area (Å²) in [6, 6.07) is 0. The molecule has 1 amide bonds. The highest BCUT2D eigenvalue weighted by Crippen LogP contribution is 2.46. The average molecular weight is 195 g/mol. The number of nitrogens with one attached hydrogen (secondary N) is 1. The van der Waals surface area contributed by atoms with Crippen molar-refractivity contribution < 1.29 is 18.4 Å². The topological polar surface area (TPSA) is 64.6 Å². The van der Waals surface area contributed by atoms with Crippen LogP contribution in [-0.4, -0.2) is 32.8 Å². The van der Waals surface area contributed by atoms with Gasteiger partial charge < -0.3 is 14.4 Å². The van der Waals surface area contributed by atoms with Gasteiger partial charge in [0, 0.05) is 14.2 Å². The van der Waals surface area contributed by atoms with Crippen molar-refractivity contribution in [1.29, 1.82) is 0 Å². The van der Waals surface area contributed by atoms with E-state index < -0.39 is 7.60 Å². The summed E-state index contributed by atoms with van der Waals surface area (Å²) in [4.78, 5) is 10.8. The first kappa shape index (κ1) is 11.6. The van der Waals surface area contributed by atoms with Gasteiger partial charge in [0.15, 0.2) is 0 Å². The Labute approximate surface area is 72.0 Å². The Morgan fingerprint density at radius 3 is 2.50 bits per heavy atom. The van der Waals surface area contributed by atoms with Crippen molar-refractivity contribution >= 4 is 13.5 Å². The molecule has 0 spiro atoms. The molecule has 0 saturated carbocycles. The Hall–Kier alpha value is -0.380. The summed E-state index contributed by atoms with van der Waals surface area (Å²) < 4.78 is 20.9. The summed E-state index contributed by atoms with van der Waals surface area (Å²) >= 11 is 0. The lowest BCUT2D eigenvalue weighted by Gasteiger charge is -2.13. The van der Waals surface area contributed by atoms with Crippen LogP contribution < -0.4 is 5.32 Å². The van der Waals surface area contributed by atoms with Crippen molar-refractivity contribution in [2.45, 2.75) is 6.92 Å². The number of hydrogen-bond acceptors (Lipinski definition) is 4. The van der Waals surface area contributed by atoms with Crippen LogP contribution in [0.5, 0.6) is 0 Å². The van der Waals surface area contributed by atoms with Crippen LogP contribution in [0.4, 0.5) is 0 Å². The molecule has 0 bridgehead atoms. The van der Waals surface area contributed by atoms with Gasteiger partial charge in [-0.2, -0.15) is 0 Å². The molecule has 0 aromatic rings. The van der Waals surface area contributed by atoms with E-state index in [9.17, 15) is 9.36 Å². The molecule has 1 unspecified atom stereocenters. The molecule has 0 saturated heterocycles. The molecule has 0 aliphatic heterocycles. The van der Waals surface area contributed by atoms with Gasteiger partial charge in [-0.15, -0.1) is 0 Å². The van der Waals surface area contributed by atoms with Gasteiger partial charge in [-0.1, -0.05) is 0 Å². The highest BCUT2D eigenvalue weighted by molar-refractivity contribution is 7.54. The lowest BCUT2D eigenvalue weighted by atomic mass is 10.7. The summed E-state index contributed by atoms with van der Waals surface area (Å²) in [7, 11) is -0.455. The van der Waals surface area contributed by atoms with Gasteiger partial charge in [0.1, 0.15) is 6.16 Å². The summed E-state index contributed by atoms with van der Waals surface area (Å²) in [6.45, 7) is 1.96. The minimum Gasteiger partial charge on any atom is -0.359 e. The van der Waals surface area contributed by atoms with Gasteiger partial charge in [0.2, 0.25) is 5.91 Å². The molecule has 1 atom stereocenters. The Bertz CT molecular complexity index is 194. The second-order valence-electron chi connectivity index (χ2n) is 2.04. The zero-order chi connectivity index (χ0) is 9.61. The fourth-order valence-electron chi connectivity index (χ4n) is 0.615. The molecule has 0 aromatic heterocycles. The Balaban J connectivity index is 4.14. The van der Waals surface area contributed by atoms with Gasteiger partial charge in [-0.25, -0.2) is 0 Å². The van der Waals surface area contributed by atoms with Gasteiger partial charge in [0.25, 0.3) is 0 Å². The van der Waals surface area contributed by atoms with Gasteiger partial charge in [0.05, 0.1) is 6.61 Å². The smallest absolute Gasteiger partial charge is 0.339 e. The summed E-state index contributed by atoms with van der Waals surface area (Å²) in [5.74, 6) is -0.353. The molecule has 72 valence electrons. The maximum atomic E-state index is 11.4. The normalized spacial score (nSPS) is 15.2. The third kappa shape index (κ3) is 3.85. The lowest BCUT2D eigenvalue weighted by Crippen LogP contribution is -2.22. The minimum absolute atomic E-state index is 0.228. The molecule has 0 aliphatic carbocycles. The molecule has 0 rings (SSSR count). The maximum absolute atomic E-state index is 11.4. The van der Waals surface area contributed by atoms with Crippen LogP contribution >= 0.6 is 7.60 Å². The van der Waals surface area contributed by atoms with Crippen molar-refractivity contribution in [3.8, 4) is 0 Å². The van der Waals surface area contributed by atoms with E-state index in [0.29, 0.717) is 0 Å². The van der Waals surface area contributed by atoms with Crippen molar-refractivity contribution in [2.75, 3.05) is 26.9 Å². The largest absolute Gasteiger partial charge is 0.359 e. The van der Waals surface area contributed by atoms with Crippen LogP contribution in [-0.2, 0) is 18.4 Å². The van der Waals surface area contributed by atoms with Crippen LogP contribution in [0.25, 0.3) is 0 Å². The van der Waals surface area contributed by atoms with E-state index in [0.717, 1.165) is 0 Å². The first-order chi connectivity index (χ1) is 5.58. The van der Waals surface area contributed by atoms with E-state index in [4.69, 9.17) is 4.52 Å². The fourth-order valence-corrected chi connectivity index (χ4v) is 1.84. The monoisotopic (exact) mass is 195 g/mol. The van der Waals surface area contributed by atoms with Crippen molar-refractivity contribution in [2.24, 2.45) is 0 Å². The van der Waals surface area contributed by atoms with Gasteiger partial charge >= 0.3 is 7.60 Å². The predicted octanol–water partition coefficient (Wildman–Crippen LogP) is 0.608.